The second-order valence-electron chi connectivity index (χ2n) is 6.25. The number of carbonyl (C=O) groups excluding carboxylic acids is 1. The Morgan fingerprint density at radius 2 is 1.93 bits per heavy atom. The van der Waals surface area contributed by atoms with Crippen molar-refractivity contribution in [1.29, 1.82) is 0 Å². The molecular formula is C20H16ClN5O2. The minimum atomic E-state index is -0.130. The molecule has 1 N–H and O–H groups in total. The Hall–Kier alpha value is -3.45. The van der Waals surface area contributed by atoms with Gasteiger partial charge in [0.05, 0.1) is 6.54 Å². The number of furan rings is 1. The summed E-state index contributed by atoms with van der Waals surface area (Å²) in [7, 11) is 1.73. The van der Waals surface area contributed by atoms with Gasteiger partial charge < -0.3 is 9.32 Å². The molecule has 0 saturated heterocycles. The first-order valence-electron chi connectivity index (χ1n) is 8.54. The summed E-state index contributed by atoms with van der Waals surface area (Å²) in [6, 6.07) is 18.3. The molecule has 0 atom stereocenters. The van der Waals surface area contributed by atoms with E-state index < -0.39 is 0 Å². The van der Waals surface area contributed by atoms with Gasteiger partial charge in [-0.15, -0.1) is 10.2 Å². The largest absolute Gasteiger partial charge is 0.459 e. The van der Waals surface area contributed by atoms with Crippen molar-refractivity contribution >= 4 is 17.5 Å². The van der Waals surface area contributed by atoms with Crippen molar-refractivity contribution in [2.24, 2.45) is 0 Å². The fourth-order valence-corrected chi connectivity index (χ4v) is 2.96. The molecule has 0 radical (unpaired) electrons. The van der Waals surface area contributed by atoms with Crippen molar-refractivity contribution in [3.05, 3.63) is 77.0 Å². The summed E-state index contributed by atoms with van der Waals surface area (Å²) in [4.78, 5) is 14.4. The number of H-pyrrole nitrogens is 1. The molecule has 2 aromatic carbocycles. The van der Waals surface area contributed by atoms with E-state index in [1.54, 1.807) is 30.1 Å². The van der Waals surface area contributed by atoms with Crippen molar-refractivity contribution in [2.45, 2.75) is 6.54 Å². The molecule has 8 heteroatoms. The van der Waals surface area contributed by atoms with E-state index in [4.69, 9.17) is 16.0 Å². The van der Waals surface area contributed by atoms with Gasteiger partial charge in [0.2, 0.25) is 5.82 Å². The Morgan fingerprint density at radius 1 is 1.11 bits per heavy atom. The fourth-order valence-electron chi connectivity index (χ4n) is 2.83. The molecule has 4 rings (SSSR count). The van der Waals surface area contributed by atoms with Crippen LogP contribution in [0.2, 0.25) is 5.02 Å². The van der Waals surface area contributed by atoms with Crippen LogP contribution in [0.25, 0.3) is 22.7 Å². The van der Waals surface area contributed by atoms with Crippen LogP contribution in [0.15, 0.2) is 65.1 Å². The Kier molecular flexibility index (Phi) is 4.90. The third-order valence-corrected chi connectivity index (χ3v) is 4.50. The van der Waals surface area contributed by atoms with Crippen LogP contribution in [0, 0.1) is 0 Å². The quantitative estimate of drug-likeness (QED) is 0.552. The number of halogens is 1. The molecule has 0 fully saturated rings. The van der Waals surface area contributed by atoms with Crippen LogP contribution in [0.5, 0.6) is 0 Å². The Labute approximate surface area is 165 Å². The van der Waals surface area contributed by atoms with Crippen LogP contribution in [0.1, 0.15) is 16.1 Å². The summed E-state index contributed by atoms with van der Waals surface area (Å²) < 4.78 is 5.88. The Bertz CT molecular complexity index is 1090. The van der Waals surface area contributed by atoms with Crippen LogP contribution in [0.4, 0.5) is 0 Å². The summed E-state index contributed by atoms with van der Waals surface area (Å²) in [6.07, 6.45) is 0. The zero-order valence-corrected chi connectivity index (χ0v) is 15.7. The number of nitrogens with zero attached hydrogens (tertiary/aromatic N) is 4. The molecule has 4 aromatic rings. The van der Waals surface area contributed by atoms with E-state index in [0.717, 1.165) is 16.9 Å². The van der Waals surface area contributed by atoms with Crippen molar-refractivity contribution in [3.8, 4) is 22.7 Å². The van der Waals surface area contributed by atoms with Crippen LogP contribution in [-0.2, 0) is 6.54 Å². The Morgan fingerprint density at radius 3 is 2.68 bits per heavy atom. The molecule has 140 valence electrons. The zero-order chi connectivity index (χ0) is 19.5. The molecule has 0 aliphatic rings. The number of amides is 1. The monoisotopic (exact) mass is 393 g/mol. The van der Waals surface area contributed by atoms with Crippen LogP contribution < -0.4 is 0 Å². The lowest BCUT2D eigenvalue weighted by Crippen LogP contribution is -2.26. The zero-order valence-electron chi connectivity index (χ0n) is 15.0. The summed E-state index contributed by atoms with van der Waals surface area (Å²) in [5.41, 5.74) is 2.18. The molecule has 0 bridgehead atoms. The molecule has 0 saturated carbocycles. The van der Waals surface area contributed by atoms with Gasteiger partial charge in [-0.05, 0) is 53.7 Å². The third kappa shape index (κ3) is 3.79. The summed E-state index contributed by atoms with van der Waals surface area (Å²) in [5, 5.41) is 14.5. The molecular weight excluding hydrogens is 378 g/mol. The van der Waals surface area contributed by atoms with E-state index in [9.17, 15) is 4.79 Å². The minimum absolute atomic E-state index is 0.130. The van der Waals surface area contributed by atoms with Crippen LogP contribution in [-0.4, -0.2) is 38.5 Å². The first-order valence-corrected chi connectivity index (χ1v) is 8.92. The normalized spacial score (nSPS) is 10.8. The summed E-state index contributed by atoms with van der Waals surface area (Å²) in [5.74, 6) is 1.73. The second kappa shape index (κ2) is 7.66. The van der Waals surface area contributed by atoms with Gasteiger partial charge >= 0.3 is 0 Å². The Balaban J connectivity index is 1.48. The van der Waals surface area contributed by atoms with Crippen molar-refractivity contribution < 1.29 is 9.21 Å². The van der Waals surface area contributed by atoms with Gasteiger partial charge in [-0.2, -0.15) is 5.21 Å². The number of benzene rings is 2. The molecule has 28 heavy (non-hydrogen) atoms. The number of aromatic nitrogens is 4. The maximum Gasteiger partial charge on any atom is 0.254 e. The first kappa shape index (κ1) is 17.9. The highest BCUT2D eigenvalue weighted by atomic mass is 35.5. The predicted molar refractivity (Wildman–Crippen MR) is 105 cm³/mol. The molecule has 0 aliphatic carbocycles. The van der Waals surface area contributed by atoms with Crippen molar-refractivity contribution in [2.75, 3.05) is 7.05 Å². The average Bonchev–Trinajstić information content (AvgIpc) is 3.40. The minimum Gasteiger partial charge on any atom is -0.459 e. The molecule has 2 heterocycles. The SMILES string of the molecule is CN(Cc1ccc(-c2ccc(Cl)cc2)o1)C(=O)c1cccc(-c2nn[nH]n2)c1. The smallest absolute Gasteiger partial charge is 0.254 e. The van der Waals surface area contributed by atoms with E-state index in [1.165, 1.54) is 0 Å². The molecule has 0 unspecified atom stereocenters. The van der Waals surface area contributed by atoms with E-state index in [-0.39, 0.29) is 5.91 Å². The van der Waals surface area contributed by atoms with E-state index in [2.05, 4.69) is 20.6 Å². The molecule has 0 aliphatic heterocycles. The number of tetrazole rings is 1. The van der Waals surface area contributed by atoms with Gasteiger partial charge in [-0.25, -0.2) is 0 Å². The van der Waals surface area contributed by atoms with Gasteiger partial charge in [0, 0.05) is 28.8 Å². The topological polar surface area (TPSA) is 87.9 Å². The molecule has 7 nitrogen and oxygen atoms in total. The van der Waals surface area contributed by atoms with Crippen molar-refractivity contribution in [1.82, 2.24) is 25.5 Å². The first-order chi connectivity index (χ1) is 13.6. The average molecular weight is 394 g/mol. The van der Waals surface area contributed by atoms with Gasteiger partial charge in [-0.3, -0.25) is 4.79 Å². The highest BCUT2D eigenvalue weighted by Gasteiger charge is 2.16. The van der Waals surface area contributed by atoms with Gasteiger partial charge in [0.15, 0.2) is 0 Å². The second-order valence-corrected chi connectivity index (χ2v) is 6.69. The fraction of sp³-hybridized carbons (Fsp3) is 0.100. The third-order valence-electron chi connectivity index (χ3n) is 4.24. The molecule has 0 spiro atoms. The van der Waals surface area contributed by atoms with Gasteiger partial charge in [0.25, 0.3) is 5.91 Å². The lowest BCUT2D eigenvalue weighted by molar-refractivity contribution is 0.0776. The van der Waals surface area contributed by atoms with Gasteiger partial charge in [-0.1, -0.05) is 23.7 Å². The number of aromatic amines is 1. The van der Waals surface area contributed by atoms with Crippen LogP contribution >= 0.6 is 11.6 Å². The maximum atomic E-state index is 12.8. The van der Waals surface area contributed by atoms with Crippen LogP contribution in [0.3, 0.4) is 0 Å². The van der Waals surface area contributed by atoms with E-state index in [0.29, 0.717) is 28.7 Å². The highest BCUT2D eigenvalue weighted by molar-refractivity contribution is 6.30. The molecule has 2 aromatic heterocycles. The number of hydrogen-bond donors (Lipinski definition) is 1. The van der Waals surface area contributed by atoms with E-state index >= 15 is 0 Å². The predicted octanol–water partition coefficient (Wildman–Crippen LogP) is 4.05. The highest BCUT2D eigenvalue weighted by Crippen LogP contribution is 2.24. The number of rotatable bonds is 5. The lowest BCUT2D eigenvalue weighted by atomic mass is 10.1. The summed E-state index contributed by atoms with van der Waals surface area (Å²) in [6.45, 7) is 0.346. The van der Waals surface area contributed by atoms with Gasteiger partial charge in [0.1, 0.15) is 11.5 Å². The standard InChI is InChI=1S/C20H16ClN5O2/c1-26(12-17-9-10-18(28-17)13-5-7-16(21)8-6-13)20(27)15-4-2-3-14(11-15)19-22-24-25-23-19/h2-11H,12H2,1H3,(H,22,23,24,25). The molecule has 1 amide bonds. The lowest BCUT2D eigenvalue weighted by Gasteiger charge is -2.16. The number of hydrogen-bond acceptors (Lipinski definition) is 5. The maximum absolute atomic E-state index is 12.8. The van der Waals surface area contributed by atoms with Crippen molar-refractivity contribution in [3.63, 3.8) is 0 Å². The number of carbonyl (C=O) groups is 1. The number of nitrogens with one attached hydrogen (secondary N) is 1. The van der Waals surface area contributed by atoms with E-state index in [1.807, 2.05) is 42.5 Å². The summed E-state index contributed by atoms with van der Waals surface area (Å²) >= 11 is 5.92.